The van der Waals surface area contributed by atoms with Gasteiger partial charge >= 0.3 is 0 Å². The highest BCUT2D eigenvalue weighted by molar-refractivity contribution is 7.99. The molecule has 1 aromatic carbocycles. The third-order valence-corrected chi connectivity index (χ3v) is 4.94. The topological polar surface area (TPSA) is 99.0 Å². The number of benzene rings is 1. The maximum absolute atomic E-state index is 12.2. The molecule has 10 heteroatoms. The van der Waals surface area contributed by atoms with Crippen LogP contribution in [-0.4, -0.2) is 31.6 Å². The molecule has 0 aliphatic rings. The van der Waals surface area contributed by atoms with Gasteiger partial charge in [-0.2, -0.15) is 0 Å². The minimum absolute atomic E-state index is 0.104. The minimum Gasteiger partial charge on any atom is -0.461 e. The zero-order chi connectivity index (χ0) is 19.5. The largest absolute Gasteiger partial charge is 0.461 e. The van der Waals surface area contributed by atoms with Crippen LogP contribution in [0.15, 0.2) is 62.8 Å². The van der Waals surface area contributed by atoms with Crippen molar-refractivity contribution in [1.82, 2.24) is 19.9 Å². The van der Waals surface area contributed by atoms with Gasteiger partial charge in [0.15, 0.2) is 16.7 Å². The van der Waals surface area contributed by atoms with Crippen molar-refractivity contribution in [1.29, 1.82) is 0 Å². The number of halogens is 1. The van der Waals surface area contributed by atoms with Crippen molar-refractivity contribution in [2.45, 2.75) is 12.1 Å². The molecule has 0 bridgehead atoms. The van der Waals surface area contributed by atoms with Crippen LogP contribution < -0.4 is 5.32 Å². The third-order valence-electron chi connectivity index (χ3n) is 3.70. The summed E-state index contributed by atoms with van der Waals surface area (Å²) < 4.78 is 12.2. The van der Waals surface area contributed by atoms with E-state index in [0.717, 1.165) is 0 Å². The number of carbonyl (C=O) groups is 1. The quantitative estimate of drug-likeness (QED) is 0.471. The van der Waals surface area contributed by atoms with Crippen LogP contribution >= 0.6 is 23.4 Å². The number of hydrogen-bond acceptors (Lipinski definition) is 7. The van der Waals surface area contributed by atoms with Crippen LogP contribution in [0.2, 0.25) is 5.02 Å². The van der Waals surface area contributed by atoms with Gasteiger partial charge in [-0.1, -0.05) is 40.7 Å². The molecule has 3 aromatic heterocycles. The van der Waals surface area contributed by atoms with Crippen LogP contribution in [0.25, 0.3) is 17.3 Å². The molecule has 0 spiro atoms. The van der Waals surface area contributed by atoms with Gasteiger partial charge in [0.2, 0.25) is 11.7 Å². The Morgan fingerprint density at radius 3 is 2.82 bits per heavy atom. The Labute approximate surface area is 168 Å². The Kier molecular flexibility index (Phi) is 5.18. The van der Waals surface area contributed by atoms with Crippen molar-refractivity contribution in [2.24, 2.45) is 0 Å². The molecule has 0 unspecified atom stereocenters. The first-order chi connectivity index (χ1) is 13.6. The number of aromatic nitrogens is 4. The van der Waals surface area contributed by atoms with E-state index in [2.05, 4.69) is 20.7 Å². The number of furan rings is 1. The molecule has 0 saturated heterocycles. The fourth-order valence-electron chi connectivity index (χ4n) is 2.51. The lowest BCUT2D eigenvalue weighted by molar-refractivity contribution is -0.113. The molecule has 0 aliphatic heterocycles. The van der Waals surface area contributed by atoms with Crippen molar-refractivity contribution >= 4 is 35.1 Å². The number of amides is 1. The van der Waals surface area contributed by atoms with Crippen LogP contribution in [0.4, 0.5) is 5.82 Å². The van der Waals surface area contributed by atoms with Crippen molar-refractivity contribution in [3.8, 4) is 17.3 Å². The van der Waals surface area contributed by atoms with Crippen molar-refractivity contribution < 1.29 is 13.7 Å². The zero-order valence-corrected chi connectivity index (χ0v) is 16.2. The molecule has 1 amide bonds. The van der Waals surface area contributed by atoms with Crippen LogP contribution in [0.1, 0.15) is 5.76 Å². The molecular weight excluding hydrogens is 402 g/mol. The monoisotopic (exact) mass is 415 g/mol. The average Bonchev–Trinajstić information content (AvgIpc) is 3.41. The van der Waals surface area contributed by atoms with Crippen LogP contribution in [0, 0.1) is 6.92 Å². The van der Waals surface area contributed by atoms with Crippen molar-refractivity contribution in [3.63, 3.8) is 0 Å². The molecule has 0 atom stereocenters. The number of aryl methyl sites for hydroxylation is 1. The van der Waals surface area contributed by atoms with Crippen molar-refractivity contribution in [2.75, 3.05) is 11.1 Å². The molecule has 28 heavy (non-hydrogen) atoms. The number of hydrogen-bond donors (Lipinski definition) is 1. The number of nitrogens with one attached hydrogen (secondary N) is 1. The minimum atomic E-state index is -0.244. The Balaban J connectivity index is 1.60. The number of thioether (sulfide) groups is 1. The fourth-order valence-corrected chi connectivity index (χ4v) is 3.48. The summed E-state index contributed by atoms with van der Waals surface area (Å²) in [5, 5.41) is 15.9. The first-order valence-electron chi connectivity index (χ1n) is 8.22. The second kappa shape index (κ2) is 7.91. The number of nitrogens with zero attached hydrogens (tertiary/aromatic N) is 4. The summed E-state index contributed by atoms with van der Waals surface area (Å²) in [6.45, 7) is 1.75. The van der Waals surface area contributed by atoms with Crippen molar-refractivity contribution in [3.05, 3.63) is 59.5 Å². The summed E-state index contributed by atoms with van der Waals surface area (Å²) in [5.41, 5.74) is 0.690. The number of anilines is 1. The highest BCUT2D eigenvalue weighted by Crippen LogP contribution is 2.31. The van der Waals surface area contributed by atoms with Gasteiger partial charge in [-0.15, -0.1) is 10.2 Å². The Morgan fingerprint density at radius 1 is 1.25 bits per heavy atom. The van der Waals surface area contributed by atoms with E-state index in [1.807, 2.05) is 18.2 Å². The molecular formula is C18H14ClN5O3S. The highest BCUT2D eigenvalue weighted by Gasteiger charge is 2.20. The highest BCUT2D eigenvalue weighted by atomic mass is 35.5. The molecule has 142 valence electrons. The molecule has 8 nitrogen and oxygen atoms in total. The second-order valence-electron chi connectivity index (χ2n) is 5.73. The molecule has 0 saturated carbocycles. The number of carbonyl (C=O) groups excluding carboxylic acids is 1. The van der Waals surface area contributed by atoms with E-state index >= 15 is 0 Å². The molecule has 1 N–H and O–H groups in total. The SMILES string of the molecule is Cc1cc(NC(=O)CSc2nnc(-c3ccco3)n2-c2ccccc2Cl)no1. The lowest BCUT2D eigenvalue weighted by atomic mass is 10.3. The summed E-state index contributed by atoms with van der Waals surface area (Å²) in [6.07, 6.45) is 1.56. The molecule has 4 aromatic rings. The Morgan fingerprint density at radius 2 is 2.11 bits per heavy atom. The summed E-state index contributed by atoms with van der Waals surface area (Å²) in [4.78, 5) is 12.2. The van der Waals surface area contributed by atoms with E-state index in [1.165, 1.54) is 11.8 Å². The van der Waals surface area contributed by atoms with Gasteiger partial charge in [-0.05, 0) is 31.2 Å². The number of rotatable bonds is 6. The van der Waals surface area contributed by atoms with Gasteiger partial charge in [0.25, 0.3) is 0 Å². The smallest absolute Gasteiger partial charge is 0.236 e. The molecule has 0 radical (unpaired) electrons. The lowest BCUT2D eigenvalue weighted by Crippen LogP contribution is -2.14. The average molecular weight is 416 g/mol. The van der Waals surface area contributed by atoms with E-state index in [9.17, 15) is 4.79 Å². The van der Waals surface area contributed by atoms with E-state index in [0.29, 0.717) is 39.0 Å². The predicted octanol–water partition coefficient (Wildman–Crippen LogP) is 4.21. The van der Waals surface area contributed by atoms with E-state index < -0.39 is 0 Å². The van der Waals surface area contributed by atoms with Gasteiger partial charge < -0.3 is 14.3 Å². The standard InChI is InChI=1S/C18H14ClN5O3S/c1-11-9-15(23-27-11)20-16(25)10-28-18-22-21-17(14-7-4-8-26-14)24(18)13-6-3-2-5-12(13)19/h2-9H,10H2,1H3,(H,20,23,25). The Bertz CT molecular complexity index is 1110. The number of para-hydroxylation sites is 1. The van der Waals surface area contributed by atoms with Gasteiger partial charge in [-0.25, -0.2) is 0 Å². The van der Waals surface area contributed by atoms with Gasteiger partial charge in [0.1, 0.15) is 5.76 Å². The van der Waals surface area contributed by atoms with Gasteiger partial charge in [-0.3, -0.25) is 9.36 Å². The summed E-state index contributed by atoms with van der Waals surface area (Å²) in [7, 11) is 0. The molecule has 4 rings (SSSR count). The summed E-state index contributed by atoms with van der Waals surface area (Å²) in [5.74, 6) is 1.88. The maximum atomic E-state index is 12.2. The van der Waals surface area contributed by atoms with E-state index in [4.69, 9.17) is 20.5 Å². The summed E-state index contributed by atoms with van der Waals surface area (Å²) in [6, 6.07) is 12.5. The van der Waals surface area contributed by atoms with Crippen LogP contribution in [-0.2, 0) is 4.79 Å². The fraction of sp³-hybridized carbons (Fsp3) is 0.111. The molecule has 3 heterocycles. The molecule has 0 aliphatic carbocycles. The lowest BCUT2D eigenvalue weighted by Gasteiger charge is -2.10. The summed E-state index contributed by atoms with van der Waals surface area (Å²) >= 11 is 7.60. The predicted molar refractivity (Wildman–Crippen MR) is 105 cm³/mol. The van der Waals surface area contributed by atoms with Gasteiger partial charge in [0.05, 0.1) is 22.7 Å². The maximum Gasteiger partial charge on any atom is 0.236 e. The Hall–Kier alpha value is -3.04. The third kappa shape index (κ3) is 3.80. The van der Waals surface area contributed by atoms with Crippen LogP contribution in [0.3, 0.4) is 0 Å². The molecule has 0 fully saturated rings. The zero-order valence-electron chi connectivity index (χ0n) is 14.6. The van der Waals surface area contributed by atoms with Crippen LogP contribution in [0.5, 0.6) is 0 Å². The van der Waals surface area contributed by atoms with Gasteiger partial charge in [0, 0.05) is 6.07 Å². The van der Waals surface area contributed by atoms with E-state index in [1.54, 1.807) is 42.0 Å². The second-order valence-corrected chi connectivity index (χ2v) is 7.08. The van der Waals surface area contributed by atoms with E-state index in [-0.39, 0.29) is 11.7 Å². The normalized spacial score (nSPS) is 10.9. The first kappa shape index (κ1) is 18.3. The first-order valence-corrected chi connectivity index (χ1v) is 9.58.